The van der Waals surface area contributed by atoms with Gasteiger partial charge >= 0.3 is 0 Å². The lowest BCUT2D eigenvalue weighted by molar-refractivity contribution is 0.158. The fraction of sp³-hybridized carbons (Fsp3) is 0.636. The normalized spacial score (nSPS) is 30.6. The molecule has 1 aromatic rings. The van der Waals surface area contributed by atoms with Crippen molar-refractivity contribution in [3.8, 4) is 0 Å². The number of likely N-dealkylation sites (tertiary alicyclic amines) is 1. The average molecular weight is 178 g/mol. The van der Waals surface area contributed by atoms with E-state index in [0.29, 0.717) is 6.04 Å². The predicted molar refractivity (Wildman–Crippen MR) is 54.7 cm³/mol. The molecule has 2 heterocycles. The van der Waals surface area contributed by atoms with Crippen LogP contribution in [0.15, 0.2) is 24.5 Å². The molecule has 0 unspecified atom stereocenters. The molecule has 0 saturated carbocycles. The molecule has 0 N–H and O–H groups in total. The first-order valence-corrected chi connectivity index (χ1v) is 5.08. The number of hydrogen-bond donors (Lipinski definition) is 0. The van der Waals surface area contributed by atoms with Crippen molar-refractivity contribution in [1.29, 1.82) is 0 Å². The van der Waals surface area contributed by atoms with Crippen molar-refractivity contribution in [2.24, 2.45) is 5.92 Å². The van der Waals surface area contributed by atoms with Crippen molar-refractivity contribution in [3.05, 3.63) is 24.5 Å². The van der Waals surface area contributed by atoms with Crippen LogP contribution in [-0.4, -0.2) is 29.6 Å². The lowest BCUT2D eigenvalue weighted by Crippen LogP contribution is -2.37. The van der Waals surface area contributed by atoms with Crippen LogP contribution < -0.4 is 0 Å². The lowest BCUT2D eigenvalue weighted by Gasteiger charge is -2.35. The number of nitrogens with zero attached hydrogens (tertiary/aromatic N) is 2. The van der Waals surface area contributed by atoms with E-state index >= 15 is 0 Å². The largest absolute Gasteiger partial charge is 0.350 e. The third-order valence-corrected chi connectivity index (χ3v) is 3.13. The average Bonchev–Trinajstić information content (AvgIpc) is 2.61. The van der Waals surface area contributed by atoms with Gasteiger partial charge in [-0.05, 0) is 38.1 Å². The van der Waals surface area contributed by atoms with Gasteiger partial charge in [-0.25, -0.2) is 0 Å². The first-order chi connectivity index (χ1) is 6.27. The molecule has 0 radical (unpaired) electrons. The monoisotopic (exact) mass is 178 g/mol. The Bertz CT molecular complexity index is 253. The summed E-state index contributed by atoms with van der Waals surface area (Å²) in [5.41, 5.74) is 0. The zero-order valence-electron chi connectivity index (χ0n) is 8.48. The van der Waals surface area contributed by atoms with Crippen LogP contribution in [0.25, 0.3) is 0 Å². The van der Waals surface area contributed by atoms with E-state index in [1.165, 1.54) is 19.5 Å². The highest BCUT2D eigenvalue weighted by atomic mass is 15.2. The second-order valence-corrected chi connectivity index (χ2v) is 4.23. The van der Waals surface area contributed by atoms with Gasteiger partial charge in [-0.2, -0.15) is 0 Å². The highest BCUT2D eigenvalue weighted by Crippen LogP contribution is 2.26. The summed E-state index contributed by atoms with van der Waals surface area (Å²) in [7, 11) is 2.21. The molecule has 2 atom stereocenters. The van der Waals surface area contributed by atoms with E-state index in [9.17, 15) is 0 Å². The molecule has 0 aromatic carbocycles. The smallest absolute Gasteiger partial charge is 0.0483 e. The summed E-state index contributed by atoms with van der Waals surface area (Å²) in [5.74, 6) is 0.809. The molecular formula is C11H18N2. The molecule has 1 aliphatic rings. The van der Waals surface area contributed by atoms with Crippen LogP contribution in [0.2, 0.25) is 0 Å². The van der Waals surface area contributed by atoms with Crippen LogP contribution in [0.5, 0.6) is 0 Å². The zero-order chi connectivity index (χ0) is 9.26. The van der Waals surface area contributed by atoms with Crippen molar-refractivity contribution in [1.82, 2.24) is 9.47 Å². The predicted octanol–water partition coefficient (Wildman–Crippen LogP) is 2.00. The summed E-state index contributed by atoms with van der Waals surface area (Å²) in [6, 6.07) is 4.90. The van der Waals surface area contributed by atoms with E-state index in [1.807, 2.05) is 0 Å². The Morgan fingerprint density at radius 1 is 1.23 bits per heavy atom. The van der Waals surface area contributed by atoms with Crippen molar-refractivity contribution >= 4 is 0 Å². The first-order valence-electron chi connectivity index (χ1n) is 5.08. The Labute approximate surface area is 80.2 Å². The van der Waals surface area contributed by atoms with E-state index in [2.05, 4.69) is 48.0 Å². The molecular weight excluding hydrogens is 160 g/mol. The second-order valence-electron chi connectivity index (χ2n) is 4.23. The third-order valence-electron chi connectivity index (χ3n) is 3.13. The maximum atomic E-state index is 2.42. The Morgan fingerprint density at radius 3 is 2.62 bits per heavy atom. The molecule has 0 bridgehead atoms. The van der Waals surface area contributed by atoms with Gasteiger partial charge in [-0.1, -0.05) is 6.92 Å². The fourth-order valence-corrected chi connectivity index (χ4v) is 2.16. The van der Waals surface area contributed by atoms with E-state index in [-0.39, 0.29) is 0 Å². The van der Waals surface area contributed by atoms with Crippen LogP contribution in [0, 0.1) is 5.92 Å². The molecule has 13 heavy (non-hydrogen) atoms. The number of piperidine rings is 1. The Balaban J connectivity index is 2.12. The van der Waals surface area contributed by atoms with Gasteiger partial charge in [0.05, 0.1) is 0 Å². The highest BCUT2D eigenvalue weighted by molar-refractivity contribution is 4.95. The molecule has 1 saturated heterocycles. The van der Waals surface area contributed by atoms with Crippen LogP contribution in [0.3, 0.4) is 0 Å². The minimum Gasteiger partial charge on any atom is -0.350 e. The molecule has 2 rings (SSSR count). The summed E-state index contributed by atoms with van der Waals surface area (Å²) in [6.45, 7) is 4.80. The SMILES string of the molecule is C[C@@H]1CCN(C)C[C@@H]1n1cccc1. The number of hydrogen-bond acceptors (Lipinski definition) is 1. The minimum atomic E-state index is 0.675. The Morgan fingerprint density at radius 2 is 1.92 bits per heavy atom. The summed E-state index contributed by atoms with van der Waals surface area (Å²) in [5, 5.41) is 0. The molecule has 0 aliphatic carbocycles. The topological polar surface area (TPSA) is 8.17 Å². The molecule has 0 spiro atoms. The summed E-state index contributed by atoms with van der Waals surface area (Å²) < 4.78 is 2.35. The van der Waals surface area contributed by atoms with Crippen LogP contribution in [-0.2, 0) is 0 Å². The van der Waals surface area contributed by atoms with Gasteiger partial charge in [-0.3, -0.25) is 0 Å². The van der Waals surface area contributed by atoms with Gasteiger partial charge in [0.2, 0.25) is 0 Å². The molecule has 2 nitrogen and oxygen atoms in total. The molecule has 1 aliphatic heterocycles. The second kappa shape index (κ2) is 3.54. The lowest BCUT2D eigenvalue weighted by atomic mass is 9.94. The number of rotatable bonds is 1. The number of likely N-dealkylation sites (N-methyl/N-ethyl adjacent to an activating group) is 1. The Kier molecular flexibility index (Phi) is 2.40. The van der Waals surface area contributed by atoms with Crippen molar-refractivity contribution in [2.45, 2.75) is 19.4 Å². The maximum absolute atomic E-state index is 2.42. The van der Waals surface area contributed by atoms with Gasteiger partial charge in [0.25, 0.3) is 0 Å². The summed E-state index contributed by atoms with van der Waals surface area (Å²) in [4.78, 5) is 2.42. The molecule has 1 fully saturated rings. The summed E-state index contributed by atoms with van der Waals surface area (Å²) in [6.07, 6.45) is 5.68. The van der Waals surface area contributed by atoms with Gasteiger partial charge in [-0.15, -0.1) is 0 Å². The maximum Gasteiger partial charge on any atom is 0.0483 e. The van der Waals surface area contributed by atoms with Crippen LogP contribution in [0.1, 0.15) is 19.4 Å². The first kappa shape index (κ1) is 8.82. The van der Waals surface area contributed by atoms with Gasteiger partial charge in [0.1, 0.15) is 0 Å². The highest BCUT2D eigenvalue weighted by Gasteiger charge is 2.24. The number of aromatic nitrogens is 1. The van der Waals surface area contributed by atoms with Crippen LogP contribution >= 0.6 is 0 Å². The minimum absolute atomic E-state index is 0.675. The van der Waals surface area contributed by atoms with E-state index in [4.69, 9.17) is 0 Å². The molecule has 0 amide bonds. The standard InChI is InChI=1S/C11H18N2/c1-10-5-8-12(2)9-11(10)13-6-3-4-7-13/h3-4,6-7,10-11H,5,8-9H2,1-2H3/t10-,11+/m1/s1. The van der Waals surface area contributed by atoms with E-state index < -0.39 is 0 Å². The third kappa shape index (κ3) is 1.78. The van der Waals surface area contributed by atoms with E-state index in [1.54, 1.807) is 0 Å². The molecule has 1 aromatic heterocycles. The van der Waals surface area contributed by atoms with Gasteiger partial charge < -0.3 is 9.47 Å². The van der Waals surface area contributed by atoms with Crippen molar-refractivity contribution in [3.63, 3.8) is 0 Å². The van der Waals surface area contributed by atoms with Crippen molar-refractivity contribution in [2.75, 3.05) is 20.1 Å². The van der Waals surface area contributed by atoms with Gasteiger partial charge in [0, 0.05) is 25.0 Å². The quantitative estimate of drug-likeness (QED) is 0.638. The molecule has 2 heteroatoms. The van der Waals surface area contributed by atoms with Crippen molar-refractivity contribution < 1.29 is 0 Å². The fourth-order valence-electron chi connectivity index (χ4n) is 2.16. The zero-order valence-corrected chi connectivity index (χ0v) is 8.48. The molecule has 72 valence electrons. The summed E-state index contributed by atoms with van der Waals surface area (Å²) >= 11 is 0. The van der Waals surface area contributed by atoms with E-state index in [0.717, 1.165) is 5.92 Å². The van der Waals surface area contributed by atoms with Crippen LogP contribution in [0.4, 0.5) is 0 Å². The Hall–Kier alpha value is -0.760. The van der Waals surface area contributed by atoms with Gasteiger partial charge in [0.15, 0.2) is 0 Å².